The monoisotopic (exact) mass is 421 g/mol. The Balaban J connectivity index is 1.67. The van der Waals surface area contributed by atoms with Gasteiger partial charge in [-0.05, 0) is 56.3 Å². The third-order valence-electron chi connectivity index (χ3n) is 4.89. The SMILES string of the molecule is CCCN1CCC(NC(=O)c2sccc2S(=O)(=O)Nc2ccc(C)cc2)CC1. The Hall–Kier alpha value is -1.90. The van der Waals surface area contributed by atoms with Crippen molar-refractivity contribution >= 4 is 33.0 Å². The molecule has 1 aromatic heterocycles. The molecule has 0 spiro atoms. The van der Waals surface area contributed by atoms with Gasteiger partial charge in [-0.2, -0.15) is 0 Å². The van der Waals surface area contributed by atoms with Crippen molar-refractivity contribution in [2.24, 2.45) is 0 Å². The van der Waals surface area contributed by atoms with Crippen LogP contribution in [0.2, 0.25) is 0 Å². The Morgan fingerprint density at radius 3 is 2.50 bits per heavy atom. The van der Waals surface area contributed by atoms with Crippen molar-refractivity contribution in [3.05, 3.63) is 46.2 Å². The quantitative estimate of drug-likeness (QED) is 0.718. The number of hydrogen-bond donors (Lipinski definition) is 2. The van der Waals surface area contributed by atoms with E-state index in [1.165, 1.54) is 6.07 Å². The highest BCUT2D eigenvalue weighted by molar-refractivity contribution is 7.93. The zero-order valence-electron chi connectivity index (χ0n) is 16.3. The number of likely N-dealkylation sites (tertiary alicyclic amines) is 1. The predicted molar refractivity (Wildman–Crippen MR) is 114 cm³/mol. The van der Waals surface area contributed by atoms with E-state index in [0.717, 1.165) is 55.8 Å². The van der Waals surface area contributed by atoms with E-state index in [1.807, 2.05) is 19.1 Å². The Bertz CT molecular complexity index is 899. The zero-order valence-corrected chi connectivity index (χ0v) is 17.9. The molecule has 1 amide bonds. The molecule has 1 saturated heterocycles. The second-order valence-corrected chi connectivity index (χ2v) is 9.74. The molecule has 28 heavy (non-hydrogen) atoms. The number of anilines is 1. The average molecular weight is 422 g/mol. The summed E-state index contributed by atoms with van der Waals surface area (Å²) in [4.78, 5) is 15.4. The van der Waals surface area contributed by atoms with Crippen molar-refractivity contribution in [2.75, 3.05) is 24.4 Å². The van der Waals surface area contributed by atoms with Gasteiger partial charge in [0.05, 0.1) is 0 Å². The van der Waals surface area contributed by atoms with Crippen LogP contribution in [0.15, 0.2) is 40.6 Å². The maximum Gasteiger partial charge on any atom is 0.263 e. The number of amides is 1. The maximum atomic E-state index is 12.8. The van der Waals surface area contributed by atoms with Crippen molar-refractivity contribution in [2.45, 2.75) is 44.0 Å². The van der Waals surface area contributed by atoms with E-state index >= 15 is 0 Å². The molecule has 1 aromatic carbocycles. The summed E-state index contributed by atoms with van der Waals surface area (Å²) in [6.45, 7) is 7.11. The normalized spacial score (nSPS) is 16.1. The smallest absolute Gasteiger partial charge is 0.263 e. The predicted octanol–water partition coefficient (Wildman–Crippen LogP) is 3.46. The van der Waals surface area contributed by atoms with Gasteiger partial charge in [0.15, 0.2) is 0 Å². The topological polar surface area (TPSA) is 78.5 Å². The first-order valence-electron chi connectivity index (χ1n) is 9.59. The van der Waals surface area contributed by atoms with Crippen LogP contribution in [0.25, 0.3) is 0 Å². The van der Waals surface area contributed by atoms with Crippen LogP contribution in [0.5, 0.6) is 0 Å². The van der Waals surface area contributed by atoms with Gasteiger partial charge in [0.2, 0.25) is 0 Å². The Kier molecular flexibility index (Phi) is 6.74. The number of aryl methyl sites for hydroxylation is 1. The molecule has 1 fully saturated rings. The fourth-order valence-corrected chi connectivity index (χ4v) is 5.76. The van der Waals surface area contributed by atoms with Crippen LogP contribution < -0.4 is 10.0 Å². The molecule has 0 bridgehead atoms. The van der Waals surface area contributed by atoms with Crippen molar-refractivity contribution in [3.8, 4) is 0 Å². The van der Waals surface area contributed by atoms with Crippen molar-refractivity contribution in [1.82, 2.24) is 10.2 Å². The molecular weight excluding hydrogens is 394 g/mol. The number of benzene rings is 1. The number of piperidine rings is 1. The number of nitrogens with one attached hydrogen (secondary N) is 2. The molecule has 8 heteroatoms. The van der Waals surface area contributed by atoms with E-state index in [2.05, 4.69) is 21.9 Å². The van der Waals surface area contributed by atoms with Gasteiger partial charge in [-0.15, -0.1) is 11.3 Å². The summed E-state index contributed by atoms with van der Waals surface area (Å²) < 4.78 is 28.1. The molecule has 0 radical (unpaired) electrons. The third-order valence-corrected chi connectivity index (χ3v) is 7.36. The van der Waals surface area contributed by atoms with Crippen molar-refractivity contribution in [1.29, 1.82) is 0 Å². The summed E-state index contributed by atoms with van der Waals surface area (Å²) in [6, 6.07) is 8.67. The van der Waals surface area contributed by atoms with Crippen LogP contribution in [0.1, 0.15) is 41.4 Å². The van der Waals surface area contributed by atoms with Crippen LogP contribution >= 0.6 is 11.3 Å². The molecule has 2 aromatic rings. The van der Waals surface area contributed by atoms with Crippen LogP contribution in [-0.4, -0.2) is 44.9 Å². The molecule has 6 nitrogen and oxygen atoms in total. The van der Waals surface area contributed by atoms with Crippen LogP contribution in [0.3, 0.4) is 0 Å². The highest BCUT2D eigenvalue weighted by atomic mass is 32.2. The van der Waals surface area contributed by atoms with Gasteiger partial charge in [-0.1, -0.05) is 24.6 Å². The van der Waals surface area contributed by atoms with E-state index in [9.17, 15) is 13.2 Å². The van der Waals surface area contributed by atoms with Gasteiger partial charge in [-0.25, -0.2) is 8.42 Å². The van der Waals surface area contributed by atoms with Gasteiger partial charge in [0, 0.05) is 24.8 Å². The largest absolute Gasteiger partial charge is 0.348 e. The Morgan fingerprint density at radius 1 is 1.18 bits per heavy atom. The van der Waals surface area contributed by atoms with E-state index in [-0.39, 0.29) is 21.7 Å². The number of rotatable bonds is 7. The molecule has 0 unspecified atom stereocenters. The number of nitrogens with zero attached hydrogens (tertiary/aromatic N) is 1. The minimum atomic E-state index is -3.82. The highest BCUT2D eigenvalue weighted by Gasteiger charge is 2.27. The zero-order chi connectivity index (χ0) is 20.1. The number of hydrogen-bond acceptors (Lipinski definition) is 5. The molecule has 2 N–H and O–H groups in total. The van der Waals surface area contributed by atoms with Crippen LogP contribution in [0, 0.1) is 6.92 Å². The summed E-state index contributed by atoms with van der Waals surface area (Å²) in [5, 5.41) is 4.66. The first-order chi connectivity index (χ1) is 13.4. The lowest BCUT2D eigenvalue weighted by Crippen LogP contribution is -2.44. The third kappa shape index (κ3) is 5.12. The first kappa shape index (κ1) is 20.8. The molecule has 0 saturated carbocycles. The molecule has 2 heterocycles. The number of carbonyl (C=O) groups is 1. The summed E-state index contributed by atoms with van der Waals surface area (Å²) in [5.41, 5.74) is 1.52. The van der Waals surface area contributed by atoms with E-state index < -0.39 is 10.0 Å². The van der Waals surface area contributed by atoms with Gasteiger partial charge in [-0.3, -0.25) is 9.52 Å². The molecule has 0 atom stereocenters. The first-order valence-corrected chi connectivity index (χ1v) is 12.0. The van der Waals surface area contributed by atoms with Crippen molar-refractivity contribution < 1.29 is 13.2 Å². The Morgan fingerprint density at radius 2 is 1.86 bits per heavy atom. The minimum Gasteiger partial charge on any atom is -0.348 e. The van der Waals surface area contributed by atoms with E-state index in [0.29, 0.717) is 5.69 Å². The summed E-state index contributed by atoms with van der Waals surface area (Å²) in [7, 11) is -3.82. The lowest BCUT2D eigenvalue weighted by Gasteiger charge is -2.32. The van der Waals surface area contributed by atoms with Crippen molar-refractivity contribution in [3.63, 3.8) is 0 Å². The number of thiophene rings is 1. The molecule has 0 aliphatic carbocycles. The molecule has 1 aliphatic rings. The highest BCUT2D eigenvalue weighted by Crippen LogP contribution is 2.25. The van der Waals surface area contributed by atoms with E-state index in [4.69, 9.17) is 0 Å². The minimum absolute atomic E-state index is 0.0268. The fourth-order valence-electron chi connectivity index (χ4n) is 3.37. The lowest BCUT2D eigenvalue weighted by molar-refractivity contribution is 0.0912. The lowest BCUT2D eigenvalue weighted by atomic mass is 10.0. The molecular formula is C20H27N3O3S2. The van der Waals surface area contributed by atoms with Gasteiger partial charge in [0.25, 0.3) is 15.9 Å². The molecule has 3 rings (SSSR count). The molecule has 1 aliphatic heterocycles. The summed E-state index contributed by atoms with van der Waals surface area (Å²) in [6.07, 6.45) is 2.91. The van der Waals surface area contributed by atoms with E-state index in [1.54, 1.807) is 17.5 Å². The standard InChI is InChI=1S/C20H27N3O3S2/c1-3-11-23-12-8-16(9-13-23)21-20(24)19-18(10-14-27-19)28(25,26)22-17-6-4-15(2)5-7-17/h4-7,10,14,16,22H,3,8-9,11-13H2,1-2H3,(H,21,24). The van der Waals surface area contributed by atoms with Gasteiger partial charge in [0.1, 0.15) is 9.77 Å². The molecule has 152 valence electrons. The Labute approximate surface area is 171 Å². The fraction of sp³-hybridized carbons (Fsp3) is 0.450. The van der Waals surface area contributed by atoms with Crippen LogP contribution in [0.4, 0.5) is 5.69 Å². The van der Waals surface area contributed by atoms with Gasteiger partial charge < -0.3 is 10.2 Å². The second-order valence-electron chi connectivity index (χ2n) is 7.17. The maximum absolute atomic E-state index is 12.8. The summed E-state index contributed by atoms with van der Waals surface area (Å²) >= 11 is 1.15. The second kappa shape index (κ2) is 9.07. The average Bonchev–Trinajstić information content (AvgIpc) is 3.16. The number of sulfonamides is 1. The van der Waals surface area contributed by atoms with Crippen LogP contribution in [-0.2, 0) is 10.0 Å². The van der Waals surface area contributed by atoms with Gasteiger partial charge >= 0.3 is 0 Å². The summed E-state index contributed by atoms with van der Waals surface area (Å²) in [5.74, 6) is -0.312. The number of carbonyl (C=O) groups excluding carboxylic acids is 1.